The zero-order valence-electron chi connectivity index (χ0n) is 16.6. The maximum absolute atomic E-state index is 13.3. The predicted molar refractivity (Wildman–Crippen MR) is 106 cm³/mol. The van der Waals surface area contributed by atoms with Gasteiger partial charge in [-0.3, -0.25) is 18.7 Å². The molecular formula is C18H25N5O5S. The van der Waals surface area contributed by atoms with Crippen molar-refractivity contribution in [1.82, 2.24) is 23.6 Å². The van der Waals surface area contributed by atoms with Gasteiger partial charge in [0, 0.05) is 26.2 Å². The molecule has 0 radical (unpaired) electrons. The van der Waals surface area contributed by atoms with Gasteiger partial charge in [-0.2, -0.15) is 0 Å². The molecule has 4 rings (SSSR count). The van der Waals surface area contributed by atoms with Crippen LogP contribution in [-0.4, -0.2) is 61.5 Å². The minimum Gasteiger partial charge on any atom is -0.334 e. The molecule has 0 unspecified atom stereocenters. The molecule has 2 aromatic heterocycles. The summed E-state index contributed by atoms with van der Waals surface area (Å²) in [7, 11) is -0.216. The third-order valence-corrected chi connectivity index (χ3v) is 7.88. The molecule has 1 saturated heterocycles. The third-order valence-electron chi connectivity index (χ3n) is 6.13. The molecule has 2 aromatic rings. The monoisotopic (exact) mass is 423 g/mol. The highest BCUT2D eigenvalue weighted by Crippen LogP contribution is 2.29. The molecule has 2 aliphatic rings. The molecule has 0 N–H and O–H groups in total. The van der Waals surface area contributed by atoms with Crippen LogP contribution in [0.25, 0.3) is 11.2 Å². The van der Waals surface area contributed by atoms with Crippen molar-refractivity contribution in [3.8, 4) is 0 Å². The van der Waals surface area contributed by atoms with E-state index in [1.165, 1.54) is 29.6 Å². The van der Waals surface area contributed by atoms with E-state index in [4.69, 9.17) is 0 Å². The Morgan fingerprint density at radius 1 is 1.14 bits per heavy atom. The Morgan fingerprint density at radius 2 is 1.83 bits per heavy atom. The minimum atomic E-state index is -3.13. The molecule has 1 aliphatic heterocycles. The summed E-state index contributed by atoms with van der Waals surface area (Å²) in [4.78, 5) is 43.9. The van der Waals surface area contributed by atoms with Gasteiger partial charge in [-0.05, 0) is 19.3 Å². The molecule has 11 heteroatoms. The Hall–Kier alpha value is -2.43. The highest BCUT2D eigenvalue weighted by molar-refractivity contribution is 7.91. The zero-order chi connectivity index (χ0) is 20.9. The largest absolute Gasteiger partial charge is 0.334 e. The van der Waals surface area contributed by atoms with Crippen LogP contribution in [0, 0.1) is 0 Å². The second-order valence-corrected chi connectivity index (χ2v) is 10.3. The topological polar surface area (TPSA) is 116 Å². The van der Waals surface area contributed by atoms with Crippen LogP contribution in [0.5, 0.6) is 0 Å². The van der Waals surface area contributed by atoms with Crippen molar-refractivity contribution in [2.24, 2.45) is 14.1 Å². The smallest absolute Gasteiger partial charge is 0.332 e. The van der Waals surface area contributed by atoms with Gasteiger partial charge in [-0.1, -0.05) is 12.8 Å². The van der Waals surface area contributed by atoms with Gasteiger partial charge in [-0.25, -0.2) is 18.2 Å². The Kier molecular flexibility index (Phi) is 4.88. The van der Waals surface area contributed by atoms with Gasteiger partial charge in [-0.15, -0.1) is 0 Å². The van der Waals surface area contributed by atoms with Crippen LogP contribution < -0.4 is 11.2 Å². The summed E-state index contributed by atoms with van der Waals surface area (Å²) in [5, 5.41) is 0. The number of hydrogen-bond donors (Lipinski definition) is 0. The van der Waals surface area contributed by atoms with E-state index in [0.29, 0.717) is 6.42 Å². The molecule has 0 bridgehead atoms. The van der Waals surface area contributed by atoms with Crippen molar-refractivity contribution in [2.75, 3.05) is 11.5 Å². The number of sulfone groups is 1. The van der Waals surface area contributed by atoms with E-state index in [0.717, 1.165) is 30.3 Å². The van der Waals surface area contributed by atoms with Crippen LogP contribution in [0.2, 0.25) is 0 Å². The lowest BCUT2D eigenvalue weighted by Crippen LogP contribution is -2.48. The van der Waals surface area contributed by atoms with Gasteiger partial charge in [0.15, 0.2) is 21.0 Å². The summed E-state index contributed by atoms with van der Waals surface area (Å²) in [6, 6.07) is -0.291. The van der Waals surface area contributed by atoms with E-state index in [-0.39, 0.29) is 47.2 Å². The molecule has 1 amide bonds. The standard InChI is InChI=1S/C18H25N5O5S/c1-20-16-15(17(25)21(2)18(20)26)22(11-19-16)9-14(24)23(12-5-3-4-6-12)13-7-8-29(27,28)10-13/h11-13H,3-10H2,1-2H3/t13-/m1/s1. The van der Waals surface area contributed by atoms with Crippen LogP contribution in [-0.2, 0) is 35.3 Å². The van der Waals surface area contributed by atoms with Crippen molar-refractivity contribution in [2.45, 2.75) is 50.7 Å². The van der Waals surface area contributed by atoms with Gasteiger partial charge in [0.05, 0.1) is 17.8 Å². The number of imidazole rings is 1. The van der Waals surface area contributed by atoms with E-state index < -0.39 is 21.1 Å². The van der Waals surface area contributed by atoms with E-state index in [9.17, 15) is 22.8 Å². The number of amides is 1. The quantitative estimate of drug-likeness (QED) is 0.648. The van der Waals surface area contributed by atoms with Crippen molar-refractivity contribution in [1.29, 1.82) is 0 Å². The number of nitrogens with zero attached hydrogens (tertiary/aromatic N) is 5. The molecule has 1 atom stereocenters. The fourth-order valence-corrected chi connectivity index (χ4v) is 6.34. The first kappa shape index (κ1) is 19.9. The summed E-state index contributed by atoms with van der Waals surface area (Å²) in [6.07, 6.45) is 5.61. The summed E-state index contributed by atoms with van der Waals surface area (Å²) < 4.78 is 27.7. The average molecular weight is 423 g/mol. The van der Waals surface area contributed by atoms with Crippen LogP contribution >= 0.6 is 0 Å². The number of rotatable bonds is 4. The Bertz CT molecular complexity index is 1190. The fourth-order valence-electron chi connectivity index (χ4n) is 4.63. The van der Waals surface area contributed by atoms with Crippen molar-refractivity contribution in [3.05, 3.63) is 27.2 Å². The second-order valence-electron chi connectivity index (χ2n) is 8.05. The van der Waals surface area contributed by atoms with Gasteiger partial charge in [0.2, 0.25) is 5.91 Å². The molecule has 2 fully saturated rings. The number of aryl methyl sites for hydroxylation is 1. The SMILES string of the molecule is Cn1c(=O)c2c(ncn2CC(=O)N(C2CCCC2)[C@@H]2CCS(=O)(=O)C2)n(C)c1=O. The average Bonchev–Trinajstić information content (AvgIpc) is 3.39. The highest BCUT2D eigenvalue weighted by Gasteiger charge is 2.39. The third kappa shape index (κ3) is 3.41. The summed E-state index contributed by atoms with van der Waals surface area (Å²) in [5.41, 5.74) is -0.581. The molecule has 1 saturated carbocycles. The normalized spacial score (nSPS) is 21.8. The Balaban J connectivity index is 1.70. The van der Waals surface area contributed by atoms with E-state index >= 15 is 0 Å². The molecule has 29 heavy (non-hydrogen) atoms. The lowest BCUT2D eigenvalue weighted by Gasteiger charge is -2.34. The number of carbonyl (C=O) groups excluding carboxylic acids is 1. The molecule has 1 aliphatic carbocycles. The molecule has 0 spiro atoms. The van der Waals surface area contributed by atoms with E-state index in [1.807, 2.05) is 0 Å². The van der Waals surface area contributed by atoms with Crippen molar-refractivity contribution >= 4 is 26.9 Å². The van der Waals surface area contributed by atoms with Crippen LogP contribution in [0.15, 0.2) is 15.9 Å². The lowest BCUT2D eigenvalue weighted by molar-refractivity contribution is -0.136. The Labute approximate surface area is 167 Å². The highest BCUT2D eigenvalue weighted by atomic mass is 32.2. The van der Waals surface area contributed by atoms with Crippen LogP contribution in [0.3, 0.4) is 0 Å². The fraction of sp³-hybridized carbons (Fsp3) is 0.667. The maximum Gasteiger partial charge on any atom is 0.332 e. The van der Waals surface area contributed by atoms with Gasteiger partial charge in [0.25, 0.3) is 5.56 Å². The predicted octanol–water partition coefficient (Wildman–Crippen LogP) is -0.608. The van der Waals surface area contributed by atoms with Gasteiger partial charge < -0.3 is 9.47 Å². The maximum atomic E-state index is 13.3. The molecule has 0 aromatic carbocycles. The van der Waals surface area contributed by atoms with Crippen molar-refractivity contribution < 1.29 is 13.2 Å². The summed E-state index contributed by atoms with van der Waals surface area (Å²) >= 11 is 0. The molecule has 158 valence electrons. The van der Waals surface area contributed by atoms with Crippen LogP contribution in [0.4, 0.5) is 0 Å². The summed E-state index contributed by atoms with van der Waals surface area (Å²) in [5.74, 6) is -0.115. The molecule has 3 heterocycles. The van der Waals surface area contributed by atoms with E-state index in [1.54, 1.807) is 4.90 Å². The van der Waals surface area contributed by atoms with Gasteiger partial charge >= 0.3 is 5.69 Å². The lowest BCUT2D eigenvalue weighted by atomic mass is 10.1. The minimum absolute atomic E-state index is 0.00379. The van der Waals surface area contributed by atoms with Crippen LogP contribution in [0.1, 0.15) is 32.1 Å². The Morgan fingerprint density at radius 3 is 2.45 bits per heavy atom. The summed E-state index contributed by atoms with van der Waals surface area (Å²) in [6.45, 7) is -0.114. The molecular weight excluding hydrogens is 398 g/mol. The van der Waals surface area contributed by atoms with Gasteiger partial charge in [0.1, 0.15) is 6.54 Å². The first-order valence-electron chi connectivity index (χ1n) is 9.82. The number of fused-ring (bicyclic) bond motifs is 1. The number of aromatic nitrogens is 4. The number of hydrogen-bond acceptors (Lipinski definition) is 6. The first-order valence-corrected chi connectivity index (χ1v) is 11.6. The zero-order valence-corrected chi connectivity index (χ0v) is 17.4. The first-order chi connectivity index (χ1) is 13.7. The molecule has 10 nitrogen and oxygen atoms in total. The van der Waals surface area contributed by atoms with Crippen molar-refractivity contribution in [3.63, 3.8) is 0 Å². The second kappa shape index (κ2) is 7.12. The van der Waals surface area contributed by atoms with E-state index in [2.05, 4.69) is 4.98 Å². The number of carbonyl (C=O) groups is 1.